The molecule has 5 nitrogen and oxygen atoms in total. The van der Waals surface area contributed by atoms with Crippen molar-refractivity contribution < 1.29 is 13.5 Å². The smallest absolute Gasteiger partial charge is 0.194 e. The normalized spacial score (nSPS) is 22.4. The minimum atomic E-state index is -0.440. The first-order valence-corrected chi connectivity index (χ1v) is 8.96. The number of nitrogens with one attached hydrogen (secondary N) is 1. The van der Waals surface area contributed by atoms with E-state index in [9.17, 15) is 8.78 Å². The Balaban J connectivity index is 1.65. The first kappa shape index (κ1) is 18.1. The number of benzene rings is 1. The fourth-order valence-corrected chi connectivity index (χ4v) is 3.43. The first-order valence-electron chi connectivity index (χ1n) is 8.96. The second-order valence-corrected chi connectivity index (χ2v) is 6.44. The Morgan fingerprint density at radius 3 is 2.84 bits per heavy atom. The number of aliphatic imine (C=N–C) groups is 1. The van der Waals surface area contributed by atoms with Crippen molar-refractivity contribution in [1.82, 2.24) is 15.1 Å². The van der Waals surface area contributed by atoms with Crippen LogP contribution in [0.3, 0.4) is 0 Å². The average Bonchev–Trinajstić information content (AvgIpc) is 3.12. The lowest BCUT2D eigenvalue weighted by atomic mass is 10.2. The molecule has 138 valence electrons. The molecule has 2 aliphatic heterocycles. The average molecular weight is 352 g/mol. The van der Waals surface area contributed by atoms with E-state index in [-0.39, 0.29) is 12.1 Å². The van der Waals surface area contributed by atoms with Crippen LogP contribution >= 0.6 is 0 Å². The van der Waals surface area contributed by atoms with Gasteiger partial charge in [0.2, 0.25) is 0 Å². The molecular formula is C18H26F2N4O. The van der Waals surface area contributed by atoms with Crippen LogP contribution < -0.4 is 5.32 Å². The maximum absolute atomic E-state index is 13.8. The Kier molecular flexibility index (Phi) is 6.20. The molecule has 1 unspecified atom stereocenters. The van der Waals surface area contributed by atoms with E-state index in [0.717, 1.165) is 70.5 Å². The summed E-state index contributed by atoms with van der Waals surface area (Å²) in [5.41, 5.74) is 0.277. The van der Waals surface area contributed by atoms with E-state index in [4.69, 9.17) is 4.74 Å². The number of rotatable bonds is 4. The molecule has 7 heteroatoms. The van der Waals surface area contributed by atoms with Gasteiger partial charge in [0.25, 0.3) is 0 Å². The van der Waals surface area contributed by atoms with Gasteiger partial charge in [-0.05, 0) is 31.5 Å². The summed E-state index contributed by atoms with van der Waals surface area (Å²) in [6, 6.07) is 3.99. The summed E-state index contributed by atoms with van der Waals surface area (Å²) in [6.45, 7) is 8.23. The zero-order valence-electron chi connectivity index (χ0n) is 14.7. The molecule has 0 bridgehead atoms. The van der Waals surface area contributed by atoms with Crippen molar-refractivity contribution in [3.05, 3.63) is 35.4 Å². The van der Waals surface area contributed by atoms with Gasteiger partial charge in [-0.2, -0.15) is 0 Å². The largest absolute Gasteiger partial charge is 0.379 e. The molecule has 1 aromatic rings. The molecule has 2 aliphatic rings. The first-order chi connectivity index (χ1) is 12.2. The van der Waals surface area contributed by atoms with Gasteiger partial charge in [0.05, 0.1) is 19.8 Å². The highest BCUT2D eigenvalue weighted by Gasteiger charge is 2.30. The van der Waals surface area contributed by atoms with Gasteiger partial charge in [-0.1, -0.05) is 0 Å². The highest BCUT2D eigenvalue weighted by atomic mass is 19.1. The number of morpholine rings is 1. The third-order valence-corrected chi connectivity index (χ3v) is 4.77. The third-order valence-electron chi connectivity index (χ3n) is 4.77. The van der Waals surface area contributed by atoms with E-state index in [1.807, 2.05) is 6.92 Å². The quantitative estimate of drug-likeness (QED) is 0.663. The number of nitrogens with zero attached hydrogens (tertiary/aromatic N) is 3. The zero-order chi connectivity index (χ0) is 17.6. The molecule has 0 saturated carbocycles. The number of hydrogen-bond acceptors (Lipinski definition) is 3. The summed E-state index contributed by atoms with van der Waals surface area (Å²) in [7, 11) is 0. The minimum absolute atomic E-state index is 0.130. The molecule has 0 amide bonds. The highest BCUT2D eigenvalue weighted by molar-refractivity contribution is 5.80. The van der Waals surface area contributed by atoms with Crippen LogP contribution in [0.2, 0.25) is 0 Å². The maximum atomic E-state index is 13.8. The lowest BCUT2D eigenvalue weighted by molar-refractivity contribution is 0.0195. The third kappa shape index (κ3) is 4.67. The van der Waals surface area contributed by atoms with Crippen LogP contribution in [0.1, 0.15) is 18.9 Å². The predicted molar refractivity (Wildman–Crippen MR) is 93.5 cm³/mol. The minimum Gasteiger partial charge on any atom is -0.379 e. The van der Waals surface area contributed by atoms with Gasteiger partial charge in [-0.15, -0.1) is 0 Å². The van der Waals surface area contributed by atoms with Gasteiger partial charge in [0.15, 0.2) is 5.96 Å². The predicted octanol–water partition coefficient (Wildman–Crippen LogP) is 1.84. The fourth-order valence-electron chi connectivity index (χ4n) is 3.43. The molecule has 1 aromatic carbocycles. The molecule has 2 fully saturated rings. The van der Waals surface area contributed by atoms with Crippen LogP contribution in [0.15, 0.2) is 23.2 Å². The lowest BCUT2D eigenvalue weighted by Gasteiger charge is -2.32. The van der Waals surface area contributed by atoms with E-state index in [1.165, 1.54) is 6.07 Å². The molecule has 1 N–H and O–H groups in total. The fraction of sp³-hybridized carbons (Fsp3) is 0.611. The second-order valence-electron chi connectivity index (χ2n) is 6.44. The van der Waals surface area contributed by atoms with Crippen LogP contribution in [-0.2, 0) is 11.3 Å². The molecule has 0 spiro atoms. The molecular weight excluding hydrogens is 326 g/mol. The molecule has 0 radical (unpaired) electrons. The molecule has 2 saturated heterocycles. The van der Waals surface area contributed by atoms with Gasteiger partial charge in [-0.25, -0.2) is 13.8 Å². The molecule has 2 heterocycles. The Labute approximate surface area is 147 Å². The van der Waals surface area contributed by atoms with Gasteiger partial charge in [-0.3, -0.25) is 4.90 Å². The van der Waals surface area contributed by atoms with Gasteiger partial charge < -0.3 is 15.0 Å². The van der Waals surface area contributed by atoms with Crippen LogP contribution in [0.4, 0.5) is 8.78 Å². The van der Waals surface area contributed by atoms with E-state index in [2.05, 4.69) is 20.1 Å². The monoisotopic (exact) mass is 352 g/mol. The Morgan fingerprint density at radius 2 is 2.08 bits per heavy atom. The standard InChI is InChI=1S/C18H26F2N4O/c1-2-21-18(22-12-14-11-15(19)3-4-17(14)20)24-6-5-16(13-24)23-7-9-25-10-8-23/h3-4,11,16H,2,5-10,12-13H2,1H3,(H,21,22). The van der Waals surface area contributed by atoms with Crippen LogP contribution in [0, 0.1) is 11.6 Å². The van der Waals surface area contributed by atoms with E-state index >= 15 is 0 Å². The molecule has 0 aliphatic carbocycles. The highest BCUT2D eigenvalue weighted by Crippen LogP contribution is 2.18. The topological polar surface area (TPSA) is 40.1 Å². The summed E-state index contributed by atoms with van der Waals surface area (Å²) in [5.74, 6) is -0.0966. The maximum Gasteiger partial charge on any atom is 0.194 e. The van der Waals surface area contributed by atoms with Gasteiger partial charge in [0, 0.05) is 44.3 Å². The second kappa shape index (κ2) is 8.58. The summed E-state index contributed by atoms with van der Waals surface area (Å²) < 4.78 is 32.5. The molecule has 1 atom stereocenters. The van der Waals surface area contributed by atoms with E-state index < -0.39 is 11.6 Å². The Morgan fingerprint density at radius 1 is 1.28 bits per heavy atom. The van der Waals surface area contributed by atoms with Crippen LogP contribution in [0.25, 0.3) is 0 Å². The Hall–Kier alpha value is -1.73. The van der Waals surface area contributed by atoms with Gasteiger partial charge >= 0.3 is 0 Å². The van der Waals surface area contributed by atoms with Gasteiger partial charge in [0.1, 0.15) is 11.6 Å². The Bertz CT molecular complexity index is 605. The van der Waals surface area contributed by atoms with E-state index in [1.54, 1.807) is 0 Å². The number of guanidine groups is 1. The lowest BCUT2D eigenvalue weighted by Crippen LogP contribution is -2.46. The summed E-state index contributed by atoms with van der Waals surface area (Å²) >= 11 is 0. The number of ether oxygens (including phenoxy) is 1. The van der Waals surface area contributed by atoms with Crippen molar-refractivity contribution >= 4 is 5.96 Å². The van der Waals surface area contributed by atoms with Crippen molar-refractivity contribution in [1.29, 1.82) is 0 Å². The van der Waals surface area contributed by atoms with Crippen molar-refractivity contribution in [2.75, 3.05) is 45.9 Å². The van der Waals surface area contributed by atoms with Crippen molar-refractivity contribution in [3.8, 4) is 0 Å². The number of hydrogen-bond donors (Lipinski definition) is 1. The van der Waals surface area contributed by atoms with Crippen molar-refractivity contribution in [3.63, 3.8) is 0 Å². The SMILES string of the molecule is CCNC(=NCc1cc(F)ccc1F)N1CCC(N2CCOCC2)C1. The molecule has 25 heavy (non-hydrogen) atoms. The summed E-state index contributed by atoms with van der Waals surface area (Å²) in [5, 5.41) is 3.27. The van der Waals surface area contributed by atoms with Crippen LogP contribution in [-0.4, -0.2) is 67.7 Å². The van der Waals surface area contributed by atoms with Crippen LogP contribution in [0.5, 0.6) is 0 Å². The number of halogens is 2. The molecule has 3 rings (SSSR count). The number of likely N-dealkylation sites (tertiary alicyclic amines) is 1. The van der Waals surface area contributed by atoms with E-state index in [0.29, 0.717) is 6.04 Å². The van der Waals surface area contributed by atoms with Crippen molar-refractivity contribution in [2.45, 2.75) is 25.9 Å². The zero-order valence-corrected chi connectivity index (χ0v) is 14.7. The summed E-state index contributed by atoms with van der Waals surface area (Å²) in [4.78, 5) is 9.21. The molecule has 0 aromatic heterocycles. The van der Waals surface area contributed by atoms with Crippen molar-refractivity contribution in [2.24, 2.45) is 4.99 Å². The summed E-state index contributed by atoms with van der Waals surface area (Å²) in [6.07, 6.45) is 1.08.